The molecule has 0 aromatic heterocycles. The Morgan fingerprint density at radius 3 is 2.00 bits per heavy atom. The largest absolute Gasteiger partial charge is 0.506 e. The Bertz CT molecular complexity index is 1930. The van der Waals surface area contributed by atoms with E-state index in [0.29, 0.717) is 28.3 Å². The van der Waals surface area contributed by atoms with Crippen molar-refractivity contribution < 1.29 is 53.2 Å². The summed E-state index contributed by atoms with van der Waals surface area (Å²) in [5.41, 5.74) is 7.04. The Balaban J connectivity index is 0.00000441. The first-order valence-corrected chi connectivity index (χ1v) is 13.8. The van der Waals surface area contributed by atoms with Crippen molar-refractivity contribution in [2.45, 2.75) is 23.6 Å². The molecule has 0 saturated heterocycles. The van der Waals surface area contributed by atoms with Gasteiger partial charge in [-0.1, -0.05) is 0 Å². The molecule has 0 atom stereocenters. The Morgan fingerprint density at radius 1 is 0.700 bits per heavy atom. The zero-order valence-electron chi connectivity index (χ0n) is 20.6. The van der Waals surface area contributed by atoms with Gasteiger partial charge in [0.1, 0.15) is 27.7 Å². The molecule has 0 spiro atoms. The third-order valence-corrected chi connectivity index (χ3v) is 7.37. The summed E-state index contributed by atoms with van der Waals surface area (Å²) in [7, 11) is -9.52. The zero-order valence-corrected chi connectivity index (χ0v) is 23.2. The number of aromatic hydroxyl groups is 2. The Labute approximate surface area is 239 Å². The van der Waals surface area contributed by atoms with Gasteiger partial charge in [0.05, 0.1) is 10.6 Å². The molecule has 4 aromatic rings. The molecule has 0 fully saturated rings. The number of rotatable bonds is 6. The predicted octanol–water partition coefficient (Wildman–Crippen LogP) is 5.77. The first-order chi connectivity index (χ1) is 18.1. The molecule has 0 saturated carbocycles. The van der Waals surface area contributed by atoms with Crippen LogP contribution in [-0.4, -0.2) is 36.2 Å². The van der Waals surface area contributed by atoms with Gasteiger partial charge >= 0.3 is 0 Å². The van der Waals surface area contributed by atoms with E-state index in [-0.39, 0.29) is 45.6 Å². The van der Waals surface area contributed by atoms with Crippen molar-refractivity contribution in [3.63, 3.8) is 0 Å². The zero-order chi connectivity index (χ0) is 28.7. The predicted molar refractivity (Wildman–Crippen MR) is 142 cm³/mol. The topological polar surface area (TPSA) is 225 Å². The minimum Gasteiger partial charge on any atom is -0.506 e. The van der Waals surface area contributed by atoms with Crippen LogP contribution in [0.15, 0.2) is 84.8 Å². The number of anilines is 1. The molecule has 0 aliphatic carbocycles. The Kier molecular flexibility index (Phi) is 8.64. The summed E-state index contributed by atoms with van der Waals surface area (Å²) >= 11 is 0. The molecule has 16 heteroatoms. The van der Waals surface area contributed by atoms with Gasteiger partial charge in [-0.15, -0.1) is 15.3 Å². The minimum atomic E-state index is -4.82. The van der Waals surface area contributed by atoms with Crippen LogP contribution in [0, 0.1) is 13.8 Å². The summed E-state index contributed by atoms with van der Waals surface area (Å²) < 4.78 is 64.9. The average Bonchev–Trinajstić information content (AvgIpc) is 2.83. The van der Waals surface area contributed by atoms with E-state index < -0.39 is 35.7 Å². The molecular formula is C24H21CuN5O8S2. The van der Waals surface area contributed by atoms with E-state index in [2.05, 4.69) is 20.5 Å². The number of phenols is 2. The van der Waals surface area contributed by atoms with Gasteiger partial charge in [-0.25, -0.2) is 0 Å². The molecule has 6 N–H and O–H groups in total. The molecule has 1 radical (unpaired) electrons. The first-order valence-electron chi connectivity index (χ1n) is 10.9. The minimum absolute atomic E-state index is 0. The van der Waals surface area contributed by atoms with Crippen LogP contribution in [0.25, 0.3) is 10.8 Å². The van der Waals surface area contributed by atoms with Gasteiger partial charge in [0.25, 0.3) is 20.2 Å². The van der Waals surface area contributed by atoms with Crippen molar-refractivity contribution in [2.24, 2.45) is 20.5 Å². The maximum Gasteiger partial charge on any atom is 0.296 e. The standard InChI is InChI=1S/C24H21N5O8S2.Cu/c1-12-8-19(27-29-23-13(2)7-14-9-15(25)3-5-17(14)24(23)31)21(30)11-18(12)26-28-20-10-16(38(32,33)34)4-6-22(20)39(35,36)37;/h3-11,30-31H,25H2,1-2H3,(H,32,33,34)(H,35,36,37);. The number of benzene rings is 4. The number of nitrogens with zero attached hydrogens (tertiary/aromatic N) is 4. The molecule has 0 aliphatic rings. The van der Waals surface area contributed by atoms with Crippen molar-refractivity contribution in [2.75, 3.05) is 5.73 Å². The monoisotopic (exact) mass is 634 g/mol. The van der Waals surface area contributed by atoms with E-state index in [4.69, 9.17) is 5.73 Å². The molecule has 0 bridgehead atoms. The van der Waals surface area contributed by atoms with Crippen LogP contribution in [0.1, 0.15) is 11.1 Å². The van der Waals surface area contributed by atoms with E-state index in [9.17, 15) is 36.2 Å². The molecule has 0 unspecified atom stereocenters. The van der Waals surface area contributed by atoms with Crippen molar-refractivity contribution >= 4 is 59.4 Å². The average molecular weight is 635 g/mol. The Morgan fingerprint density at radius 2 is 1.35 bits per heavy atom. The van der Waals surface area contributed by atoms with Gasteiger partial charge in [0, 0.05) is 34.2 Å². The van der Waals surface area contributed by atoms with Crippen molar-refractivity contribution in [1.82, 2.24) is 0 Å². The van der Waals surface area contributed by atoms with Crippen molar-refractivity contribution in [3.8, 4) is 11.5 Å². The number of aryl methyl sites for hydroxylation is 2. The van der Waals surface area contributed by atoms with Crippen LogP contribution in [-0.2, 0) is 37.3 Å². The fraction of sp³-hybridized carbons (Fsp3) is 0.0833. The summed E-state index contributed by atoms with van der Waals surface area (Å²) in [6.07, 6.45) is 0. The second-order valence-electron chi connectivity index (χ2n) is 8.48. The van der Waals surface area contributed by atoms with Gasteiger partial charge in [-0.3, -0.25) is 9.11 Å². The second kappa shape index (κ2) is 11.3. The first kappa shape index (κ1) is 30.6. The van der Waals surface area contributed by atoms with E-state index in [1.165, 1.54) is 6.07 Å². The number of nitrogens with two attached hydrogens (primary N) is 1. The maximum atomic E-state index is 11.7. The second-order valence-corrected chi connectivity index (χ2v) is 11.3. The van der Waals surface area contributed by atoms with E-state index in [1.54, 1.807) is 38.1 Å². The van der Waals surface area contributed by atoms with Gasteiger partial charge in [-0.2, -0.15) is 21.9 Å². The van der Waals surface area contributed by atoms with Crippen LogP contribution >= 0.6 is 0 Å². The number of hydrogen-bond donors (Lipinski definition) is 5. The van der Waals surface area contributed by atoms with Gasteiger partial charge in [0.2, 0.25) is 0 Å². The maximum absolute atomic E-state index is 11.7. The fourth-order valence-electron chi connectivity index (χ4n) is 3.68. The molecule has 0 amide bonds. The SMILES string of the molecule is Cc1cc(N=Nc2c(C)cc3cc(N)ccc3c2O)c(O)cc1N=Nc1cc(S(=O)(=O)O)ccc1S(=O)(=O)O.[Cu]. The summed E-state index contributed by atoms with van der Waals surface area (Å²) in [5, 5.41) is 38.1. The molecular weight excluding hydrogens is 614 g/mol. The number of phenolic OH excluding ortho intramolecular Hbond substituents is 2. The summed E-state index contributed by atoms with van der Waals surface area (Å²) in [6.45, 7) is 3.30. The Hall–Kier alpha value is -3.92. The van der Waals surface area contributed by atoms with Crippen molar-refractivity contribution in [1.29, 1.82) is 0 Å². The van der Waals surface area contributed by atoms with Crippen LogP contribution in [0.2, 0.25) is 0 Å². The van der Waals surface area contributed by atoms with Crippen LogP contribution < -0.4 is 5.73 Å². The molecule has 4 aromatic carbocycles. The van der Waals surface area contributed by atoms with Crippen LogP contribution in [0.4, 0.5) is 28.4 Å². The van der Waals surface area contributed by atoms with Crippen LogP contribution in [0.5, 0.6) is 11.5 Å². The number of fused-ring (bicyclic) bond motifs is 1. The molecule has 4 rings (SSSR count). The third kappa shape index (κ3) is 6.44. The molecule has 213 valence electrons. The molecule has 40 heavy (non-hydrogen) atoms. The number of azo groups is 2. The van der Waals surface area contributed by atoms with Crippen LogP contribution in [0.3, 0.4) is 0 Å². The molecule has 13 nitrogen and oxygen atoms in total. The molecule has 0 heterocycles. The fourth-order valence-corrected chi connectivity index (χ4v) is 4.79. The van der Waals surface area contributed by atoms with Gasteiger partial charge in [0.15, 0.2) is 5.75 Å². The van der Waals surface area contributed by atoms with E-state index in [0.717, 1.165) is 23.6 Å². The summed E-state index contributed by atoms with van der Waals surface area (Å²) in [6, 6.07) is 11.6. The summed E-state index contributed by atoms with van der Waals surface area (Å²) in [5.74, 6) is -0.497. The smallest absolute Gasteiger partial charge is 0.296 e. The number of hydrogen-bond acceptors (Lipinski definition) is 11. The number of nitrogen functional groups attached to an aromatic ring is 1. The quantitative estimate of drug-likeness (QED) is 0.0749. The van der Waals surface area contributed by atoms with Crippen molar-refractivity contribution in [3.05, 3.63) is 65.7 Å². The normalized spacial score (nSPS) is 12.3. The summed E-state index contributed by atoms with van der Waals surface area (Å²) in [4.78, 5) is -1.42. The third-order valence-electron chi connectivity index (χ3n) is 5.62. The molecule has 0 aliphatic heterocycles. The van der Waals surface area contributed by atoms with E-state index >= 15 is 0 Å². The van der Waals surface area contributed by atoms with Gasteiger partial charge < -0.3 is 15.9 Å². The van der Waals surface area contributed by atoms with E-state index in [1.807, 2.05) is 0 Å². The van der Waals surface area contributed by atoms with Gasteiger partial charge in [-0.05, 0) is 78.9 Å².